The number of hydrogen-bond donors (Lipinski definition) is 1. The zero-order valence-electron chi connectivity index (χ0n) is 16.2. The van der Waals surface area contributed by atoms with Gasteiger partial charge in [-0.05, 0) is 50.2 Å². The van der Waals surface area contributed by atoms with Crippen molar-refractivity contribution < 1.29 is 31.1 Å². The Morgan fingerprint density at radius 2 is 1.77 bits per heavy atom. The van der Waals surface area contributed by atoms with Crippen molar-refractivity contribution >= 4 is 32.3 Å². The van der Waals surface area contributed by atoms with Crippen molar-refractivity contribution in [2.24, 2.45) is 0 Å². The molecule has 0 saturated carbocycles. The molecule has 1 N–H and O–H groups in total. The zero-order valence-corrected chi connectivity index (χ0v) is 17.0. The number of sulfone groups is 1. The van der Waals surface area contributed by atoms with E-state index in [2.05, 4.69) is 10.3 Å². The third kappa shape index (κ3) is 3.95. The maximum atomic E-state index is 13.0. The fourth-order valence-corrected chi connectivity index (χ4v) is 3.72. The Labute approximate surface area is 170 Å². The van der Waals surface area contributed by atoms with Crippen LogP contribution in [0.3, 0.4) is 0 Å². The Bertz CT molecular complexity index is 1250. The minimum atomic E-state index is -5.59. The number of halogens is 3. The number of methoxy groups -OCH3 is 1. The molecule has 0 saturated heterocycles. The van der Waals surface area contributed by atoms with Crippen molar-refractivity contribution in [1.82, 2.24) is 4.98 Å². The van der Waals surface area contributed by atoms with Crippen LogP contribution in [0.2, 0.25) is 0 Å². The van der Waals surface area contributed by atoms with Gasteiger partial charge in [-0.15, -0.1) is 0 Å². The van der Waals surface area contributed by atoms with Gasteiger partial charge in [0.25, 0.3) is 15.7 Å². The molecule has 1 heterocycles. The van der Waals surface area contributed by atoms with Crippen molar-refractivity contribution in [3.63, 3.8) is 0 Å². The number of carbonyl (C=O) groups is 1. The van der Waals surface area contributed by atoms with Crippen LogP contribution >= 0.6 is 0 Å². The largest absolute Gasteiger partial charge is 0.501 e. The normalized spacial score (nSPS) is 12.1. The van der Waals surface area contributed by atoms with E-state index in [1.165, 1.54) is 7.11 Å². The molecule has 0 fully saturated rings. The third-order valence-corrected chi connectivity index (χ3v) is 5.85. The summed E-state index contributed by atoms with van der Waals surface area (Å²) in [6, 6.07) is 9.44. The van der Waals surface area contributed by atoms with Gasteiger partial charge in [0.15, 0.2) is 0 Å². The number of carbonyl (C=O) groups excluding carboxylic acids is 1. The van der Waals surface area contributed by atoms with Gasteiger partial charge >= 0.3 is 5.51 Å². The highest BCUT2D eigenvalue weighted by atomic mass is 32.2. The molecule has 0 aliphatic heterocycles. The van der Waals surface area contributed by atoms with E-state index in [0.717, 1.165) is 23.8 Å². The molecule has 3 rings (SSSR count). The van der Waals surface area contributed by atoms with Crippen molar-refractivity contribution in [1.29, 1.82) is 0 Å². The minimum Gasteiger partial charge on any atom is -0.495 e. The molecule has 0 radical (unpaired) electrons. The van der Waals surface area contributed by atoms with Crippen LogP contribution in [0.5, 0.6) is 5.75 Å². The molecule has 10 heteroatoms. The lowest BCUT2D eigenvalue weighted by Crippen LogP contribution is -2.23. The summed E-state index contributed by atoms with van der Waals surface area (Å²) in [5.74, 6) is -0.633. The molecule has 0 atom stereocenters. The van der Waals surface area contributed by atoms with E-state index >= 15 is 0 Å². The van der Waals surface area contributed by atoms with Crippen LogP contribution in [0.25, 0.3) is 10.9 Å². The lowest BCUT2D eigenvalue weighted by molar-refractivity contribution is -0.0436. The van der Waals surface area contributed by atoms with Gasteiger partial charge in [0.05, 0.1) is 28.8 Å². The average Bonchev–Trinajstić information content (AvgIpc) is 2.66. The van der Waals surface area contributed by atoms with Crippen LogP contribution in [0.1, 0.15) is 21.6 Å². The molecule has 6 nitrogen and oxygen atoms in total. The predicted molar refractivity (Wildman–Crippen MR) is 105 cm³/mol. The number of amides is 1. The number of ether oxygens (including phenoxy) is 1. The Balaban J connectivity index is 2.09. The number of nitrogens with zero attached hydrogens (tertiary/aromatic N) is 1. The maximum Gasteiger partial charge on any atom is 0.501 e. The maximum absolute atomic E-state index is 13.0. The first-order valence-corrected chi connectivity index (χ1v) is 10.1. The monoisotopic (exact) mass is 438 g/mol. The van der Waals surface area contributed by atoms with Crippen LogP contribution in [0.15, 0.2) is 47.4 Å². The molecule has 30 heavy (non-hydrogen) atoms. The number of nitrogens with one attached hydrogen (secondary N) is 1. The van der Waals surface area contributed by atoms with Gasteiger partial charge < -0.3 is 10.1 Å². The van der Waals surface area contributed by atoms with E-state index in [9.17, 15) is 26.4 Å². The number of fused-ring (bicyclic) bond motifs is 1. The van der Waals surface area contributed by atoms with Gasteiger partial charge in [-0.25, -0.2) is 8.42 Å². The van der Waals surface area contributed by atoms with Gasteiger partial charge in [-0.1, -0.05) is 11.6 Å². The molecule has 0 aliphatic rings. The molecule has 0 bridgehead atoms. The second kappa shape index (κ2) is 7.60. The summed E-state index contributed by atoms with van der Waals surface area (Å²) in [6.07, 6.45) is 0. The summed E-state index contributed by atoms with van der Waals surface area (Å²) in [5.41, 5.74) is -3.41. The van der Waals surface area contributed by atoms with E-state index in [1.54, 1.807) is 25.1 Å². The van der Waals surface area contributed by atoms with Crippen LogP contribution in [-0.2, 0) is 9.84 Å². The molecule has 3 aromatic rings. The summed E-state index contributed by atoms with van der Waals surface area (Å²) >= 11 is 0. The standard InChI is InChI=1S/C20H17F3N2O4S/c1-11-4-6-16-14(8-11)15(9-12(2)24-16)19(26)25-17-10-13(5-7-18(17)29-3)30(27,28)20(21,22)23/h4-10H,1-3H3,(H,25,26). The first kappa shape index (κ1) is 21.6. The molecular weight excluding hydrogens is 421 g/mol. The smallest absolute Gasteiger partial charge is 0.495 e. The van der Waals surface area contributed by atoms with Gasteiger partial charge in [-0.2, -0.15) is 13.2 Å². The number of pyridine rings is 1. The molecule has 0 aliphatic carbocycles. The number of rotatable bonds is 4. The lowest BCUT2D eigenvalue weighted by atomic mass is 10.0. The Morgan fingerprint density at radius 3 is 2.40 bits per heavy atom. The molecule has 1 aromatic heterocycles. The number of hydrogen-bond acceptors (Lipinski definition) is 5. The quantitative estimate of drug-likeness (QED) is 0.652. The van der Waals surface area contributed by atoms with E-state index in [1.807, 2.05) is 13.0 Å². The summed E-state index contributed by atoms with van der Waals surface area (Å²) in [7, 11) is -4.34. The van der Waals surface area contributed by atoms with E-state index < -0.39 is 26.1 Å². The Morgan fingerprint density at radius 1 is 1.07 bits per heavy atom. The highest BCUT2D eigenvalue weighted by Gasteiger charge is 2.47. The van der Waals surface area contributed by atoms with Crippen LogP contribution in [0.4, 0.5) is 18.9 Å². The van der Waals surface area contributed by atoms with Crippen LogP contribution < -0.4 is 10.1 Å². The Kier molecular flexibility index (Phi) is 5.46. The van der Waals surface area contributed by atoms with Crippen LogP contribution in [0, 0.1) is 13.8 Å². The summed E-state index contributed by atoms with van der Waals surface area (Å²) in [6.45, 7) is 3.54. The Hall–Kier alpha value is -3.14. The third-order valence-electron chi connectivity index (χ3n) is 4.37. The number of alkyl halides is 3. The predicted octanol–water partition coefficient (Wildman–Crippen LogP) is 4.41. The second-order valence-electron chi connectivity index (χ2n) is 6.60. The zero-order chi connectivity index (χ0) is 22.3. The summed E-state index contributed by atoms with van der Waals surface area (Å²) < 4.78 is 67.2. The van der Waals surface area contributed by atoms with Crippen LogP contribution in [-0.4, -0.2) is 31.9 Å². The van der Waals surface area contributed by atoms with Gasteiger partial charge in [-0.3, -0.25) is 9.78 Å². The number of anilines is 1. The first-order valence-electron chi connectivity index (χ1n) is 8.63. The first-order chi connectivity index (χ1) is 13.9. The topological polar surface area (TPSA) is 85.4 Å². The van der Waals surface area contributed by atoms with Gasteiger partial charge in [0.1, 0.15) is 5.75 Å². The SMILES string of the molecule is COc1ccc(S(=O)(=O)C(F)(F)F)cc1NC(=O)c1cc(C)nc2ccc(C)cc12. The number of aromatic nitrogens is 1. The minimum absolute atomic E-state index is 0.00994. The molecule has 0 spiro atoms. The summed E-state index contributed by atoms with van der Waals surface area (Å²) in [5, 5.41) is 3.01. The van der Waals surface area contributed by atoms with Crippen molar-refractivity contribution in [2.75, 3.05) is 12.4 Å². The van der Waals surface area contributed by atoms with Crippen molar-refractivity contribution in [3.05, 3.63) is 59.3 Å². The summed E-state index contributed by atoms with van der Waals surface area (Å²) in [4.78, 5) is 16.3. The molecule has 2 aromatic carbocycles. The number of benzene rings is 2. The second-order valence-corrected chi connectivity index (χ2v) is 8.54. The van der Waals surface area contributed by atoms with Crippen molar-refractivity contribution in [3.8, 4) is 5.75 Å². The number of aryl methyl sites for hydroxylation is 2. The van der Waals surface area contributed by atoms with Crippen molar-refractivity contribution in [2.45, 2.75) is 24.3 Å². The fourth-order valence-electron chi connectivity index (χ4n) is 2.94. The molecule has 0 unspecified atom stereocenters. The highest BCUT2D eigenvalue weighted by molar-refractivity contribution is 7.92. The molecule has 1 amide bonds. The van der Waals surface area contributed by atoms with E-state index in [0.29, 0.717) is 16.6 Å². The average molecular weight is 438 g/mol. The van der Waals surface area contributed by atoms with E-state index in [-0.39, 0.29) is 17.0 Å². The van der Waals surface area contributed by atoms with Gasteiger partial charge in [0, 0.05) is 11.1 Å². The van der Waals surface area contributed by atoms with Gasteiger partial charge in [0.2, 0.25) is 0 Å². The van der Waals surface area contributed by atoms with E-state index in [4.69, 9.17) is 4.74 Å². The lowest BCUT2D eigenvalue weighted by Gasteiger charge is -2.14. The molecule has 158 valence electrons. The fraction of sp³-hybridized carbons (Fsp3) is 0.200. The highest BCUT2D eigenvalue weighted by Crippen LogP contribution is 2.35. The molecular formula is C20H17F3N2O4S.